The van der Waals surface area contributed by atoms with Crippen LogP contribution >= 0.6 is 0 Å². The topological polar surface area (TPSA) is 75.7 Å². The summed E-state index contributed by atoms with van der Waals surface area (Å²) < 4.78 is 11.0. The SMILES string of the molecule is CCOCCCNC(=O)Nc1ccc(N2C[C@@H](C)O[C@H](C)C2)nc1. The van der Waals surface area contributed by atoms with Crippen LogP contribution in [0, 0.1) is 0 Å². The number of pyridine rings is 1. The van der Waals surface area contributed by atoms with Gasteiger partial charge in [0.2, 0.25) is 0 Å². The molecular formula is C17H28N4O3. The second-order valence-corrected chi connectivity index (χ2v) is 6.00. The molecule has 1 aromatic rings. The molecular weight excluding hydrogens is 308 g/mol. The fraction of sp³-hybridized carbons (Fsp3) is 0.647. The van der Waals surface area contributed by atoms with Crippen molar-refractivity contribution < 1.29 is 14.3 Å². The van der Waals surface area contributed by atoms with Crippen LogP contribution in [-0.4, -0.2) is 56.1 Å². The van der Waals surface area contributed by atoms with Crippen LogP contribution in [0.2, 0.25) is 0 Å². The van der Waals surface area contributed by atoms with E-state index in [1.807, 2.05) is 19.1 Å². The van der Waals surface area contributed by atoms with Crippen LogP contribution in [0.5, 0.6) is 0 Å². The van der Waals surface area contributed by atoms with Gasteiger partial charge in [-0.25, -0.2) is 9.78 Å². The number of carbonyl (C=O) groups is 1. The highest BCUT2D eigenvalue weighted by Crippen LogP contribution is 2.19. The summed E-state index contributed by atoms with van der Waals surface area (Å²) in [6.45, 7) is 9.67. The Morgan fingerprint density at radius 1 is 1.38 bits per heavy atom. The van der Waals surface area contributed by atoms with Crippen molar-refractivity contribution in [2.45, 2.75) is 39.4 Å². The Morgan fingerprint density at radius 3 is 2.75 bits per heavy atom. The Balaban J connectivity index is 1.78. The van der Waals surface area contributed by atoms with E-state index in [1.165, 1.54) is 0 Å². The smallest absolute Gasteiger partial charge is 0.319 e. The van der Waals surface area contributed by atoms with Crippen molar-refractivity contribution in [2.24, 2.45) is 0 Å². The van der Waals surface area contributed by atoms with Crippen molar-refractivity contribution in [1.29, 1.82) is 0 Å². The molecule has 1 saturated heterocycles. The van der Waals surface area contributed by atoms with Gasteiger partial charge in [-0.15, -0.1) is 0 Å². The normalized spacial score (nSPS) is 20.7. The second-order valence-electron chi connectivity index (χ2n) is 6.00. The summed E-state index contributed by atoms with van der Waals surface area (Å²) in [6.07, 6.45) is 2.86. The van der Waals surface area contributed by atoms with Gasteiger partial charge in [-0.05, 0) is 39.3 Å². The number of nitrogens with zero attached hydrogens (tertiary/aromatic N) is 2. The van der Waals surface area contributed by atoms with Crippen LogP contribution in [0.25, 0.3) is 0 Å². The number of nitrogens with one attached hydrogen (secondary N) is 2. The molecule has 2 rings (SSSR count). The molecule has 0 spiro atoms. The van der Waals surface area contributed by atoms with Crippen molar-refractivity contribution in [1.82, 2.24) is 10.3 Å². The zero-order chi connectivity index (χ0) is 17.4. The number of hydrogen-bond donors (Lipinski definition) is 2. The summed E-state index contributed by atoms with van der Waals surface area (Å²) in [5.41, 5.74) is 0.676. The third-order valence-corrected chi connectivity index (χ3v) is 3.70. The van der Waals surface area contributed by atoms with Gasteiger partial charge in [-0.3, -0.25) is 0 Å². The molecule has 0 saturated carbocycles. The monoisotopic (exact) mass is 336 g/mol. The minimum absolute atomic E-state index is 0.191. The lowest BCUT2D eigenvalue weighted by Gasteiger charge is -2.36. The van der Waals surface area contributed by atoms with E-state index in [4.69, 9.17) is 9.47 Å². The molecule has 1 fully saturated rings. The van der Waals surface area contributed by atoms with Crippen molar-refractivity contribution in [3.8, 4) is 0 Å². The molecule has 2 heterocycles. The van der Waals surface area contributed by atoms with Gasteiger partial charge in [-0.2, -0.15) is 0 Å². The first-order valence-corrected chi connectivity index (χ1v) is 8.57. The van der Waals surface area contributed by atoms with Crippen LogP contribution in [0.3, 0.4) is 0 Å². The average Bonchev–Trinajstić information content (AvgIpc) is 2.54. The lowest BCUT2D eigenvalue weighted by atomic mass is 10.2. The first-order valence-electron chi connectivity index (χ1n) is 8.57. The number of carbonyl (C=O) groups excluding carboxylic acids is 1. The molecule has 7 heteroatoms. The summed E-state index contributed by atoms with van der Waals surface area (Å²) in [5, 5.41) is 5.58. The fourth-order valence-corrected chi connectivity index (χ4v) is 2.71. The highest BCUT2D eigenvalue weighted by Gasteiger charge is 2.22. The molecule has 0 aliphatic carbocycles. The summed E-state index contributed by atoms with van der Waals surface area (Å²) in [4.78, 5) is 18.5. The van der Waals surface area contributed by atoms with Crippen molar-refractivity contribution in [3.63, 3.8) is 0 Å². The van der Waals surface area contributed by atoms with Crippen molar-refractivity contribution in [2.75, 3.05) is 43.1 Å². The number of hydrogen-bond acceptors (Lipinski definition) is 5. The molecule has 0 radical (unpaired) electrons. The second kappa shape index (κ2) is 9.44. The van der Waals surface area contributed by atoms with Crippen LogP contribution in [0.15, 0.2) is 18.3 Å². The minimum Gasteiger partial charge on any atom is -0.382 e. The molecule has 2 atom stereocenters. The predicted octanol–water partition coefficient (Wildman–Crippen LogP) is 2.24. The number of amides is 2. The Labute approximate surface area is 143 Å². The molecule has 1 aromatic heterocycles. The zero-order valence-corrected chi connectivity index (χ0v) is 14.7. The maximum atomic E-state index is 11.8. The number of aromatic nitrogens is 1. The minimum atomic E-state index is -0.227. The third-order valence-electron chi connectivity index (χ3n) is 3.70. The molecule has 7 nitrogen and oxygen atoms in total. The molecule has 1 aliphatic heterocycles. The highest BCUT2D eigenvalue weighted by atomic mass is 16.5. The maximum Gasteiger partial charge on any atom is 0.319 e. The third kappa shape index (κ3) is 5.98. The van der Waals surface area contributed by atoms with Gasteiger partial charge < -0.3 is 25.0 Å². The summed E-state index contributed by atoms with van der Waals surface area (Å²) in [7, 11) is 0. The van der Waals surface area contributed by atoms with Gasteiger partial charge in [0.25, 0.3) is 0 Å². The Morgan fingerprint density at radius 2 is 2.12 bits per heavy atom. The highest BCUT2D eigenvalue weighted by molar-refractivity contribution is 5.89. The quantitative estimate of drug-likeness (QED) is 0.747. The molecule has 0 unspecified atom stereocenters. The molecule has 24 heavy (non-hydrogen) atoms. The van der Waals surface area contributed by atoms with E-state index in [0.29, 0.717) is 25.4 Å². The van der Waals surface area contributed by atoms with E-state index < -0.39 is 0 Å². The summed E-state index contributed by atoms with van der Waals surface area (Å²) in [6, 6.07) is 3.57. The molecule has 134 valence electrons. The van der Waals surface area contributed by atoms with Crippen LogP contribution in [-0.2, 0) is 9.47 Å². The van der Waals surface area contributed by atoms with Crippen molar-refractivity contribution in [3.05, 3.63) is 18.3 Å². The van der Waals surface area contributed by atoms with Crippen LogP contribution in [0.1, 0.15) is 27.2 Å². The van der Waals surface area contributed by atoms with E-state index >= 15 is 0 Å². The number of ether oxygens (including phenoxy) is 2. The van der Waals surface area contributed by atoms with E-state index in [1.54, 1.807) is 6.20 Å². The van der Waals surface area contributed by atoms with E-state index in [0.717, 1.165) is 25.3 Å². The van der Waals surface area contributed by atoms with Gasteiger partial charge in [0.15, 0.2) is 0 Å². The summed E-state index contributed by atoms with van der Waals surface area (Å²) in [5.74, 6) is 0.902. The summed E-state index contributed by atoms with van der Waals surface area (Å²) >= 11 is 0. The fourth-order valence-electron chi connectivity index (χ4n) is 2.71. The van der Waals surface area contributed by atoms with Gasteiger partial charge in [0.05, 0.1) is 24.1 Å². The average molecular weight is 336 g/mol. The standard InChI is InChI=1S/C17H28N4O3/c1-4-23-9-5-8-18-17(22)20-15-6-7-16(19-10-15)21-11-13(2)24-14(3)12-21/h6-7,10,13-14H,4-5,8-9,11-12H2,1-3H3,(H2,18,20,22)/t13-,14-/m1/s1. The van der Waals surface area contributed by atoms with Gasteiger partial charge in [0.1, 0.15) is 5.82 Å². The molecule has 2 amide bonds. The lowest BCUT2D eigenvalue weighted by molar-refractivity contribution is -0.00545. The van der Waals surface area contributed by atoms with E-state index in [-0.39, 0.29) is 18.2 Å². The van der Waals surface area contributed by atoms with E-state index in [2.05, 4.69) is 34.4 Å². The Kier molecular flexibility index (Phi) is 7.27. The van der Waals surface area contributed by atoms with Gasteiger partial charge in [-0.1, -0.05) is 0 Å². The number of rotatable bonds is 7. The van der Waals surface area contributed by atoms with Crippen LogP contribution < -0.4 is 15.5 Å². The molecule has 0 bridgehead atoms. The first-order chi connectivity index (χ1) is 11.6. The first kappa shape index (κ1) is 18.5. The predicted molar refractivity (Wildman–Crippen MR) is 94.6 cm³/mol. The number of anilines is 2. The van der Waals surface area contributed by atoms with E-state index in [9.17, 15) is 4.79 Å². The van der Waals surface area contributed by atoms with Crippen molar-refractivity contribution >= 4 is 17.5 Å². The number of urea groups is 1. The zero-order valence-electron chi connectivity index (χ0n) is 14.7. The van der Waals surface area contributed by atoms with Gasteiger partial charge >= 0.3 is 6.03 Å². The molecule has 2 N–H and O–H groups in total. The van der Waals surface area contributed by atoms with Gasteiger partial charge in [0, 0.05) is 32.8 Å². The Hall–Kier alpha value is -1.86. The number of morpholine rings is 1. The lowest BCUT2D eigenvalue weighted by Crippen LogP contribution is -2.45. The maximum absolute atomic E-state index is 11.8. The molecule has 1 aliphatic rings. The van der Waals surface area contributed by atoms with Crippen LogP contribution in [0.4, 0.5) is 16.3 Å². The largest absolute Gasteiger partial charge is 0.382 e. The molecule has 0 aromatic carbocycles. The Bertz CT molecular complexity index is 499.